The van der Waals surface area contributed by atoms with Gasteiger partial charge in [0.05, 0.1) is 26.0 Å². The Morgan fingerprint density at radius 2 is 2.05 bits per heavy atom. The Balaban J connectivity index is 1.96. The molecule has 1 unspecified atom stereocenters. The maximum Gasteiger partial charge on any atom is 0.160 e. The molecular formula is C16H24N2O3. The summed E-state index contributed by atoms with van der Waals surface area (Å²) >= 11 is 0. The van der Waals surface area contributed by atoms with Crippen LogP contribution in [0.25, 0.3) is 0 Å². The Morgan fingerprint density at radius 3 is 2.71 bits per heavy atom. The molecule has 0 amide bonds. The summed E-state index contributed by atoms with van der Waals surface area (Å²) in [6.07, 6.45) is 4.00. The Morgan fingerprint density at radius 1 is 1.29 bits per heavy atom. The van der Waals surface area contributed by atoms with Crippen LogP contribution < -0.4 is 9.47 Å². The highest BCUT2D eigenvalue weighted by Gasteiger charge is 2.26. The van der Waals surface area contributed by atoms with Gasteiger partial charge >= 0.3 is 0 Å². The quantitative estimate of drug-likeness (QED) is 0.647. The van der Waals surface area contributed by atoms with Crippen molar-refractivity contribution in [2.75, 3.05) is 27.8 Å². The summed E-state index contributed by atoms with van der Waals surface area (Å²) in [5, 5.41) is 12.5. The van der Waals surface area contributed by atoms with Crippen LogP contribution in [0.1, 0.15) is 24.8 Å². The second-order valence-corrected chi connectivity index (χ2v) is 5.42. The first-order valence-corrected chi connectivity index (χ1v) is 7.31. The molecule has 0 heterocycles. The molecule has 0 aromatic heterocycles. The highest BCUT2D eigenvalue weighted by Crippen LogP contribution is 2.28. The fourth-order valence-corrected chi connectivity index (χ4v) is 2.90. The molecule has 1 aromatic carbocycles. The first kappa shape index (κ1) is 15.6. The summed E-state index contributed by atoms with van der Waals surface area (Å²) in [4.78, 5) is 2.26. The van der Waals surface area contributed by atoms with E-state index in [1.54, 1.807) is 14.2 Å². The molecule has 5 heteroatoms. The average Bonchev–Trinajstić information content (AvgIpc) is 3.00. The summed E-state index contributed by atoms with van der Waals surface area (Å²) in [6, 6.07) is 6.28. The van der Waals surface area contributed by atoms with Gasteiger partial charge < -0.3 is 14.7 Å². The molecule has 2 rings (SSSR count). The van der Waals surface area contributed by atoms with Gasteiger partial charge in [0.2, 0.25) is 0 Å². The van der Waals surface area contributed by atoms with Gasteiger partial charge in [-0.3, -0.25) is 4.90 Å². The third kappa shape index (κ3) is 3.67. The van der Waals surface area contributed by atoms with E-state index in [0.717, 1.165) is 49.4 Å². The van der Waals surface area contributed by atoms with Gasteiger partial charge in [0.15, 0.2) is 11.5 Å². The molecule has 0 radical (unpaired) electrons. The van der Waals surface area contributed by atoms with Gasteiger partial charge in [-0.25, -0.2) is 0 Å². The molecule has 116 valence electrons. The Bertz CT molecular complexity index is 502. The van der Waals surface area contributed by atoms with Crippen molar-refractivity contribution in [2.45, 2.75) is 31.7 Å². The molecule has 1 atom stereocenters. The standard InChI is InChI=1S/C16H24N2O3/c1-18(14-6-4-5-13(14)17-19)10-9-12-7-8-15(20-2)16(11-12)21-3/h7-8,11,14,19H,4-6,9-10H2,1-3H3. The minimum atomic E-state index is 0.273. The van der Waals surface area contributed by atoms with E-state index in [2.05, 4.69) is 23.2 Å². The van der Waals surface area contributed by atoms with E-state index in [9.17, 15) is 0 Å². The number of oxime groups is 1. The van der Waals surface area contributed by atoms with E-state index >= 15 is 0 Å². The van der Waals surface area contributed by atoms with Crippen molar-refractivity contribution >= 4 is 5.71 Å². The molecule has 5 nitrogen and oxygen atoms in total. The zero-order chi connectivity index (χ0) is 15.2. The van der Waals surface area contributed by atoms with Crippen LogP contribution in [-0.2, 0) is 6.42 Å². The monoisotopic (exact) mass is 292 g/mol. The minimum absolute atomic E-state index is 0.273. The van der Waals surface area contributed by atoms with E-state index in [1.807, 2.05) is 12.1 Å². The Kier molecular flexibility index (Phi) is 5.44. The van der Waals surface area contributed by atoms with Gasteiger partial charge in [0.25, 0.3) is 0 Å². The number of nitrogens with zero attached hydrogens (tertiary/aromatic N) is 2. The van der Waals surface area contributed by atoms with Crippen molar-refractivity contribution in [1.82, 2.24) is 4.90 Å². The number of benzene rings is 1. The number of rotatable bonds is 6. The maximum absolute atomic E-state index is 9.03. The van der Waals surface area contributed by atoms with Crippen LogP contribution in [-0.4, -0.2) is 49.7 Å². The molecule has 1 saturated carbocycles. The molecule has 1 aliphatic carbocycles. The van der Waals surface area contributed by atoms with Crippen LogP contribution in [0.5, 0.6) is 11.5 Å². The smallest absolute Gasteiger partial charge is 0.160 e. The fourth-order valence-electron chi connectivity index (χ4n) is 2.90. The lowest BCUT2D eigenvalue weighted by Gasteiger charge is -2.24. The van der Waals surface area contributed by atoms with Crippen LogP contribution in [0.2, 0.25) is 0 Å². The zero-order valence-corrected chi connectivity index (χ0v) is 13.0. The number of likely N-dealkylation sites (N-methyl/N-ethyl adjacent to an activating group) is 1. The van der Waals surface area contributed by atoms with Crippen LogP contribution in [0.3, 0.4) is 0 Å². The van der Waals surface area contributed by atoms with Crippen molar-refractivity contribution in [1.29, 1.82) is 0 Å². The minimum Gasteiger partial charge on any atom is -0.493 e. The Labute approximate surface area is 126 Å². The second kappa shape index (κ2) is 7.31. The van der Waals surface area contributed by atoms with E-state index in [-0.39, 0.29) is 6.04 Å². The summed E-state index contributed by atoms with van der Waals surface area (Å²) in [5.41, 5.74) is 2.12. The van der Waals surface area contributed by atoms with Gasteiger partial charge in [-0.2, -0.15) is 0 Å². The van der Waals surface area contributed by atoms with Crippen LogP contribution >= 0.6 is 0 Å². The lowest BCUT2D eigenvalue weighted by Crippen LogP contribution is -2.36. The van der Waals surface area contributed by atoms with E-state index < -0.39 is 0 Å². The average molecular weight is 292 g/mol. The zero-order valence-electron chi connectivity index (χ0n) is 13.0. The van der Waals surface area contributed by atoms with Gasteiger partial charge in [0.1, 0.15) is 0 Å². The third-order valence-corrected chi connectivity index (χ3v) is 4.16. The van der Waals surface area contributed by atoms with Crippen LogP contribution in [0.4, 0.5) is 0 Å². The lowest BCUT2D eigenvalue weighted by atomic mass is 10.1. The van der Waals surface area contributed by atoms with Crippen molar-refractivity contribution in [3.8, 4) is 11.5 Å². The van der Waals surface area contributed by atoms with Crippen molar-refractivity contribution in [2.24, 2.45) is 5.16 Å². The number of hydrogen-bond acceptors (Lipinski definition) is 5. The molecule has 0 spiro atoms. The molecule has 0 bridgehead atoms. The van der Waals surface area contributed by atoms with Crippen LogP contribution in [0.15, 0.2) is 23.4 Å². The largest absolute Gasteiger partial charge is 0.493 e. The SMILES string of the molecule is COc1ccc(CCN(C)C2CCCC2=NO)cc1OC. The second-order valence-electron chi connectivity index (χ2n) is 5.42. The predicted octanol–water partition coefficient (Wildman–Crippen LogP) is 2.56. The van der Waals surface area contributed by atoms with Crippen LogP contribution in [0, 0.1) is 0 Å². The molecule has 1 aliphatic rings. The van der Waals surface area contributed by atoms with Gasteiger partial charge in [-0.05, 0) is 50.4 Å². The molecule has 1 fully saturated rings. The number of ether oxygens (including phenoxy) is 2. The van der Waals surface area contributed by atoms with Crippen molar-refractivity contribution < 1.29 is 14.7 Å². The van der Waals surface area contributed by atoms with Crippen molar-refractivity contribution in [3.05, 3.63) is 23.8 Å². The molecule has 1 N–H and O–H groups in total. The highest BCUT2D eigenvalue weighted by atomic mass is 16.5. The highest BCUT2D eigenvalue weighted by molar-refractivity contribution is 5.90. The van der Waals surface area contributed by atoms with Gasteiger partial charge in [-0.15, -0.1) is 0 Å². The van der Waals surface area contributed by atoms with Crippen molar-refractivity contribution in [3.63, 3.8) is 0 Å². The summed E-state index contributed by atoms with van der Waals surface area (Å²) < 4.78 is 10.6. The Hall–Kier alpha value is -1.75. The molecule has 21 heavy (non-hydrogen) atoms. The van der Waals surface area contributed by atoms with E-state index in [4.69, 9.17) is 14.7 Å². The number of hydrogen-bond donors (Lipinski definition) is 1. The van der Waals surface area contributed by atoms with E-state index in [0.29, 0.717) is 0 Å². The van der Waals surface area contributed by atoms with Gasteiger partial charge in [-0.1, -0.05) is 11.2 Å². The maximum atomic E-state index is 9.03. The van der Waals surface area contributed by atoms with Gasteiger partial charge in [0, 0.05) is 6.54 Å². The summed E-state index contributed by atoms with van der Waals surface area (Å²) in [5.74, 6) is 1.51. The third-order valence-electron chi connectivity index (χ3n) is 4.16. The number of methoxy groups -OCH3 is 2. The normalized spacial score (nSPS) is 20.2. The first-order valence-electron chi connectivity index (χ1n) is 7.31. The molecule has 1 aromatic rings. The fraction of sp³-hybridized carbons (Fsp3) is 0.562. The van der Waals surface area contributed by atoms with E-state index in [1.165, 1.54) is 5.56 Å². The first-order chi connectivity index (χ1) is 10.2. The molecule has 0 aliphatic heterocycles. The lowest BCUT2D eigenvalue weighted by molar-refractivity contribution is 0.280. The predicted molar refractivity (Wildman–Crippen MR) is 82.7 cm³/mol. The topological polar surface area (TPSA) is 54.3 Å². The molecule has 0 saturated heterocycles. The summed E-state index contributed by atoms with van der Waals surface area (Å²) in [6.45, 7) is 0.916. The summed E-state index contributed by atoms with van der Waals surface area (Å²) in [7, 11) is 5.37. The molecular weight excluding hydrogens is 268 g/mol.